The number of benzene rings is 2. The smallest absolute Gasteiger partial charge is 0.261 e. The Hall–Kier alpha value is -2.32. The van der Waals surface area contributed by atoms with Gasteiger partial charge >= 0.3 is 0 Å². The fourth-order valence-electron chi connectivity index (χ4n) is 3.26. The van der Waals surface area contributed by atoms with E-state index in [0.717, 1.165) is 24.3 Å². The first-order chi connectivity index (χ1) is 13.3. The standard InChI is InChI=1S/C20H20F4N2O2.ClH/c1-11(28-13-3-5-16(22)18(24)9-13)20(27)26-19-10-25-7-6-14(19)12-2-4-15(21)17(23)8-12;/h2-5,8-9,11,14,19,25H,6-7,10H2,1H3,(H,26,27);1H. The maximum Gasteiger partial charge on any atom is 0.261 e. The summed E-state index contributed by atoms with van der Waals surface area (Å²) in [7, 11) is 0. The molecule has 0 aliphatic carbocycles. The highest BCUT2D eigenvalue weighted by atomic mass is 35.5. The van der Waals surface area contributed by atoms with E-state index >= 15 is 0 Å². The van der Waals surface area contributed by atoms with E-state index in [-0.39, 0.29) is 30.1 Å². The van der Waals surface area contributed by atoms with Gasteiger partial charge in [0.2, 0.25) is 0 Å². The summed E-state index contributed by atoms with van der Waals surface area (Å²) in [5.74, 6) is -4.56. The number of halogens is 5. The summed E-state index contributed by atoms with van der Waals surface area (Å²) in [6.07, 6.45) is -0.327. The van der Waals surface area contributed by atoms with Crippen LogP contribution >= 0.6 is 12.4 Å². The van der Waals surface area contributed by atoms with Crippen LogP contribution < -0.4 is 15.4 Å². The summed E-state index contributed by atoms with van der Waals surface area (Å²) in [5, 5.41) is 5.99. The van der Waals surface area contributed by atoms with E-state index in [4.69, 9.17) is 4.74 Å². The van der Waals surface area contributed by atoms with Gasteiger partial charge in [-0.25, -0.2) is 17.6 Å². The van der Waals surface area contributed by atoms with Crippen LogP contribution in [-0.4, -0.2) is 31.1 Å². The van der Waals surface area contributed by atoms with Crippen molar-refractivity contribution in [2.45, 2.75) is 31.4 Å². The van der Waals surface area contributed by atoms with Gasteiger partial charge in [0, 0.05) is 24.6 Å². The molecular formula is C20H21ClF4N2O2. The maximum atomic E-state index is 13.6. The normalized spacial score (nSPS) is 19.8. The third kappa shape index (κ3) is 5.61. The topological polar surface area (TPSA) is 50.4 Å². The molecule has 2 N–H and O–H groups in total. The predicted molar refractivity (Wildman–Crippen MR) is 102 cm³/mol. The summed E-state index contributed by atoms with van der Waals surface area (Å²) in [5.41, 5.74) is 0.597. The van der Waals surface area contributed by atoms with Crippen molar-refractivity contribution in [3.05, 3.63) is 65.2 Å². The fourth-order valence-corrected chi connectivity index (χ4v) is 3.26. The molecule has 1 aliphatic rings. The lowest BCUT2D eigenvalue weighted by atomic mass is 9.86. The average molecular weight is 433 g/mol. The Balaban J connectivity index is 0.00000300. The van der Waals surface area contributed by atoms with Crippen molar-refractivity contribution in [3.8, 4) is 5.75 Å². The molecule has 2 aromatic rings. The number of rotatable bonds is 5. The maximum absolute atomic E-state index is 13.6. The summed E-state index contributed by atoms with van der Waals surface area (Å²) in [6.45, 7) is 2.61. The molecule has 29 heavy (non-hydrogen) atoms. The summed E-state index contributed by atoms with van der Waals surface area (Å²) in [4.78, 5) is 12.5. The van der Waals surface area contributed by atoms with E-state index < -0.39 is 35.3 Å². The molecule has 1 saturated heterocycles. The lowest BCUT2D eigenvalue weighted by Gasteiger charge is -2.34. The lowest BCUT2D eigenvalue weighted by molar-refractivity contribution is -0.128. The van der Waals surface area contributed by atoms with Crippen LogP contribution in [0.1, 0.15) is 24.8 Å². The quantitative estimate of drug-likeness (QED) is 0.708. The third-order valence-electron chi connectivity index (χ3n) is 4.75. The highest BCUT2D eigenvalue weighted by molar-refractivity contribution is 5.85. The van der Waals surface area contributed by atoms with Crippen molar-refractivity contribution in [3.63, 3.8) is 0 Å². The number of carbonyl (C=O) groups excluding carboxylic acids is 1. The minimum atomic E-state index is -1.07. The first kappa shape index (κ1) is 23.0. The Morgan fingerprint density at radius 3 is 2.38 bits per heavy atom. The third-order valence-corrected chi connectivity index (χ3v) is 4.75. The van der Waals surface area contributed by atoms with Crippen molar-refractivity contribution in [1.29, 1.82) is 0 Å². The van der Waals surface area contributed by atoms with Crippen molar-refractivity contribution in [2.24, 2.45) is 0 Å². The number of ether oxygens (including phenoxy) is 1. The molecule has 0 bridgehead atoms. The molecule has 1 fully saturated rings. The Labute approximate surface area is 172 Å². The van der Waals surface area contributed by atoms with Gasteiger partial charge in [-0.2, -0.15) is 0 Å². The molecule has 9 heteroatoms. The minimum absolute atomic E-state index is 0. The number of nitrogens with one attached hydrogen (secondary N) is 2. The Morgan fingerprint density at radius 1 is 1.07 bits per heavy atom. The number of hydrogen-bond donors (Lipinski definition) is 2. The Morgan fingerprint density at radius 2 is 1.72 bits per heavy atom. The highest BCUT2D eigenvalue weighted by Gasteiger charge is 2.30. The molecule has 3 atom stereocenters. The van der Waals surface area contributed by atoms with E-state index in [2.05, 4.69) is 10.6 Å². The molecule has 0 radical (unpaired) electrons. The molecule has 0 aromatic heterocycles. The summed E-state index contributed by atoms with van der Waals surface area (Å²) in [6, 6.07) is 6.38. The van der Waals surface area contributed by atoms with Gasteiger partial charge in [-0.15, -0.1) is 12.4 Å². The van der Waals surface area contributed by atoms with Crippen LogP contribution in [0.3, 0.4) is 0 Å². The predicted octanol–water partition coefficient (Wildman–Crippen LogP) is 3.69. The van der Waals surface area contributed by atoms with Crippen molar-refractivity contribution in [2.75, 3.05) is 13.1 Å². The molecule has 0 spiro atoms. The molecule has 2 aromatic carbocycles. The first-order valence-electron chi connectivity index (χ1n) is 8.93. The Bertz CT molecular complexity index is 868. The molecule has 3 rings (SSSR count). The van der Waals surface area contributed by atoms with Gasteiger partial charge in [0.1, 0.15) is 5.75 Å². The zero-order chi connectivity index (χ0) is 20.3. The average Bonchev–Trinajstić information content (AvgIpc) is 2.67. The molecule has 1 aliphatic heterocycles. The van der Waals surface area contributed by atoms with Crippen molar-refractivity contribution >= 4 is 18.3 Å². The number of piperidine rings is 1. The number of amides is 1. The summed E-state index contributed by atoms with van der Waals surface area (Å²) >= 11 is 0. The second-order valence-corrected chi connectivity index (χ2v) is 6.72. The van der Waals surface area contributed by atoms with E-state index in [9.17, 15) is 22.4 Å². The van der Waals surface area contributed by atoms with Crippen LogP contribution in [-0.2, 0) is 4.79 Å². The fraction of sp³-hybridized carbons (Fsp3) is 0.350. The second kappa shape index (κ2) is 9.93. The monoisotopic (exact) mass is 432 g/mol. The van der Waals surface area contributed by atoms with Crippen molar-refractivity contribution in [1.82, 2.24) is 10.6 Å². The van der Waals surface area contributed by atoms with Crippen LogP contribution in [0.5, 0.6) is 5.75 Å². The molecule has 1 amide bonds. The van der Waals surface area contributed by atoms with Gasteiger partial charge in [0.25, 0.3) is 5.91 Å². The Kier molecular flexibility index (Phi) is 7.87. The van der Waals surface area contributed by atoms with Crippen LogP contribution in [0, 0.1) is 23.3 Å². The van der Waals surface area contributed by atoms with E-state index in [1.807, 2.05) is 0 Å². The number of carbonyl (C=O) groups is 1. The first-order valence-corrected chi connectivity index (χ1v) is 8.93. The van der Waals surface area contributed by atoms with Gasteiger partial charge in [-0.1, -0.05) is 6.07 Å². The van der Waals surface area contributed by atoms with Crippen LogP contribution in [0.2, 0.25) is 0 Å². The van der Waals surface area contributed by atoms with E-state index in [0.29, 0.717) is 25.1 Å². The zero-order valence-corrected chi connectivity index (χ0v) is 16.4. The second-order valence-electron chi connectivity index (χ2n) is 6.72. The van der Waals surface area contributed by atoms with Gasteiger partial charge < -0.3 is 15.4 Å². The molecular weight excluding hydrogens is 412 g/mol. The van der Waals surface area contributed by atoms with Gasteiger partial charge in [0.05, 0.1) is 0 Å². The minimum Gasteiger partial charge on any atom is -0.481 e. The van der Waals surface area contributed by atoms with E-state index in [1.165, 1.54) is 19.1 Å². The zero-order valence-electron chi connectivity index (χ0n) is 15.6. The number of hydrogen-bond acceptors (Lipinski definition) is 3. The molecule has 0 saturated carbocycles. The lowest BCUT2D eigenvalue weighted by Crippen LogP contribution is -2.52. The molecule has 1 heterocycles. The van der Waals surface area contributed by atoms with Crippen LogP contribution in [0.4, 0.5) is 17.6 Å². The van der Waals surface area contributed by atoms with Crippen molar-refractivity contribution < 1.29 is 27.1 Å². The largest absolute Gasteiger partial charge is 0.481 e. The molecule has 4 nitrogen and oxygen atoms in total. The van der Waals surface area contributed by atoms with Gasteiger partial charge in [0.15, 0.2) is 29.4 Å². The van der Waals surface area contributed by atoms with Crippen LogP contribution in [0.25, 0.3) is 0 Å². The SMILES string of the molecule is CC(Oc1ccc(F)c(F)c1)C(=O)NC1CNCCC1c1ccc(F)c(F)c1.Cl. The van der Waals surface area contributed by atoms with E-state index in [1.54, 1.807) is 0 Å². The summed E-state index contributed by atoms with van der Waals surface area (Å²) < 4.78 is 58.5. The highest BCUT2D eigenvalue weighted by Crippen LogP contribution is 2.27. The van der Waals surface area contributed by atoms with Crippen LogP contribution in [0.15, 0.2) is 36.4 Å². The molecule has 3 unspecified atom stereocenters. The molecule has 158 valence electrons. The van der Waals surface area contributed by atoms with Gasteiger partial charge in [-0.3, -0.25) is 4.79 Å². The van der Waals surface area contributed by atoms with Gasteiger partial charge in [-0.05, 0) is 49.7 Å².